The first-order valence-electron chi connectivity index (χ1n) is 13.4. The third kappa shape index (κ3) is 5.08. The molecule has 1 unspecified atom stereocenters. The Labute approximate surface area is 242 Å². The van der Waals surface area contributed by atoms with Gasteiger partial charge in [0.05, 0.1) is 33.2 Å². The van der Waals surface area contributed by atoms with Gasteiger partial charge in [0.2, 0.25) is 5.91 Å². The molecule has 4 heterocycles. The van der Waals surface area contributed by atoms with Crippen LogP contribution in [0.4, 0.5) is 10.2 Å². The first-order chi connectivity index (χ1) is 19.5. The molecule has 1 amide bonds. The second-order valence-electron chi connectivity index (χ2n) is 10.6. The summed E-state index contributed by atoms with van der Waals surface area (Å²) in [5.74, 6) is -0.276. The van der Waals surface area contributed by atoms with Crippen LogP contribution in [0.1, 0.15) is 43.6 Å². The van der Waals surface area contributed by atoms with Crippen molar-refractivity contribution in [2.75, 3.05) is 24.5 Å². The largest absolute Gasteiger partial charge is 0.355 e. The summed E-state index contributed by atoms with van der Waals surface area (Å²) in [6.45, 7) is 14.4. The number of carbonyl (C=O) groups is 1. The maximum Gasteiger partial charge on any atom is 0.355 e. The summed E-state index contributed by atoms with van der Waals surface area (Å²) in [5, 5.41) is 0.730. The molecule has 1 atom stereocenters. The van der Waals surface area contributed by atoms with Crippen LogP contribution >= 0.6 is 11.6 Å². The van der Waals surface area contributed by atoms with Gasteiger partial charge in [-0.05, 0) is 51.0 Å². The highest BCUT2D eigenvalue weighted by atomic mass is 35.5. The summed E-state index contributed by atoms with van der Waals surface area (Å²) in [5.41, 5.74) is 2.67. The summed E-state index contributed by atoms with van der Waals surface area (Å²) < 4.78 is 16.5. The first-order valence-corrected chi connectivity index (χ1v) is 13.8. The van der Waals surface area contributed by atoms with E-state index in [2.05, 4.69) is 21.5 Å². The standard InChI is InChI=1S/C30H31ClFN7O2/c1-7-24(40)37-10-11-38(18(5)14-37)28-21-13-22(31)26(20-12-17(4)8-9-23(20)32)35-29(21)39(30(41)36-28)27-19(6)33-15-34-25(27)16(2)3/h7-9,12-13,15-16,18H,1,10-11,14H2,2-6H3. The zero-order chi connectivity index (χ0) is 29.6. The number of aryl methyl sites for hydroxylation is 2. The Morgan fingerprint density at radius 2 is 1.93 bits per heavy atom. The number of fused-ring (bicyclic) bond motifs is 1. The summed E-state index contributed by atoms with van der Waals surface area (Å²) in [6, 6.07) is 6.23. The molecule has 1 aliphatic rings. The lowest BCUT2D eigenvalue weighted by Crippen LogP contribution is -2.54. The first kappa shape index (κ1) is 28.4. The van der Waals surface area contributed by atoms with E-state index < -0.39 is 11.5 Å². The van der Waals surface area contributed by atoms with Crippen molar-refractivity contribution in [2.45, 2.75) is 46.6 Å². The normalized spacial score (nSPS) is 15.6. The van der Waals surface area contributed by atoms with Crippen LogP contribution in [-0.4, -0.2) is 61.0 Å². The van der Waals surface area contributed by atoms with E-state index >= 15 is 4.39 Å². The zero-order valence-corrected chi connectivity index (χ0v) is 24.4. The van der Waals surface area contributed by atoms with Gasteiger partial charge in [0, 0.05) is 31.2 Å². The fourth-order valence-electron chi connectivity index (χ4n) is 5.32. The van der Waals surface area contributed by atoms with Gasteiger partial charge in [0.25, 0.3) is 0 Å². The SMILES string of the molecule is C=CC(=O)N1CCN(c2nc(=O)n(-c3c(C)ncnc3C(C)C)c3nc(-c4cc(C)ccc4F)c(Cl)cc23)C(C)C1. The monoisotopic (exact) mass is 575 g/mol. The molecule has 0 radical (unpaired) electrons. The molecule has 1 aromatic carbocycles. The van der Waals surface area contributed by atoms with Crippen LogP contribution in [0.5, 0.6) is 0 Å². The van der Waals surface area contributed by atoms with Crippen LogP contribution < -0.4 is 10.6 Å². The van der Waals surface area contributed by atoms with Gasteiger partial charge in [0.1, 0.15) is 18.0 Å². The Morgan fingerprint density at radius 1 is 1.17 bits per heavy atom. The van der Waals surface area contributed by atoms with E-state index in [9.17, 15) is 9.59 Å². The van der Waals surface area contributed by atoms with Gasteiger partial charge in [-0.2, -0.15) is 4.98 Å². The van der Waals surface area contributed by atoms with Crippen molar-refractivity contribution in [3.8, 4) is 16.9 Å². The number of aromatic nitrogens is 5. The number of hydrogen-bond donors (Lipinski definition) is 0. The topological polar surface area (TPSA) is 97.1 Å². The second kappa shape index (κ2) is 11.0. The van der Waals surface area contributed by atoms with E-state index in [1.54, 1.807) is 30.0 Å². The number of carbonyl (C=O) groups excluding carboxylic acids is 1. The smallest absolute Gasteiger partial charge is 0.350 e. The van der Waals surface area contributed by atoms with Gasteiger partial charge in [-0.3, -0.25) is 4.79 Å². The summed E-state index contributed by atoms with van der Waals surface area (Å²) in [7, 11) is 0. The quantitative estimate of drug-likeness (QED) is 0.309. The molecule has 0 N–H and O–H groups in total. The molecule has 0 saturated carbocycles. The molecule has 1 fully saturated rings. The average molecular weight is 576 g/mol. The number of halogens is 2. The average Bonchev–Trinajstić information content (AvgIpc) is 2.94. The Balaban J connectivity index is 1.82. The fourth-order valence-corrected chi connectivity index (χ4v) is 5.57. The van der Waals surface area contributed by atoms with E-state index in [1.807, 2.05) is 32.6 Å². The highest BCUT2D eigenvalue weighted by Crippen LogP contribution is 2.36. The van der Waals surface area contributed by atoms with Crippen LogP contribution in [0.15, 0.2) is 48.0 Å². The predicted molar refractivity (Wildman–Crippen MR) is 158 cm³/mol. The van der Waals surface area contributed by atoms with Crippen LogP contribution in [0, 0.1) is 19.7 Å². The molecule has 4 aromatic rings. The van der Waals surface area contributed by atoms with Gasteiger partial charge < -0.3 is 9.80 Å². The molecule has 3 aromatic heterocycles. The highest BCUT2D eigenvalue weighted by molar-refractivity contribution is 6.33. The van der Waals surface area contributed by atoms with Gasteiger partial charge in [-0.1, -0.05) is 43.7 Å². The lowest BCUT2D eigenvalue weighted by Gasteiger charge is -2.40. The Morgan fingerprint density at radius 3 is 2.61 bits per heavy atom. The lowest BCUT2D eigenvalue weighted by atomic mass is 10.1. The minimum Gasteiger partial charge on any atom is -0.350 e. The molecular weight excluding hydrogens is 545 g/mol. The molecule has 0 aliphatic carbocycles. The third-order valence-corrected chi connectivity index (χ3v) is 7.66. The number of amides is 1. The van der Waals surface area contributed by atoms with Crippen molar-refractivity contribution < 1.29 is 9.18 Å². The Kier molecular flexibility index (Phi) is 7.61. The van der Waals surface area contributed by atoms with Crippen molar-refractivity contribution in [1.82, 2.24) is 29.4 Å². The van der Waals surface area contributed by atoms with Crippen molar-refractivity contribution >= 4 is 34.4 Å². The van der Waals surface area contributed by atoms with Gasteiger partial charge in [-0.15, -0.1) is 0 Å². The minimum absolute atomic E-state index is 0.0372. The molecule has 9 nitrogen and oxygen atoms in total. The van der Waals surface area contributed by atoms with Crippen molar-refractivity contribution in [1.29, 1.82) is 0 Å². The summed E-state index contributed by atoms with van der Waals surface area (Å²) in [4.78, 5) is 48.1. The predicted octanol–water partition coefficient (Wildman–Crippen LogP) is 4.99. The fraction of sp³-hybridized carbons (Fsp3) is 0.333. The second-order valence-corrected chi connectivity index (χ2v) is 11.0. The van der Waals surface area contributed by atoms with Gasteiger partial charge in [-0.25, -0.2) is 28.7 Å². The molecule has 0 bridgehead atoms. The van der Waals surface area contributed by atoms with E-state index in [4.69, 9.17) is 16.6 Å². The summed E-state index contributed by atoms with van der Waals surface area (Å²) in [6.07, 6.45) is 2.76. The zero-order valence-electron chi connectivity index (χ0n) is 23.7. The van der Waals surface area contributed by atoms with Crippen LogP contribution in [0.25, 0.3) is 28.0 Å². The van der Waals surface area contributed by atoms with E-state index in [0.717, 1.165) is 5.56 Å². The number of anilines is 1. The number of rotatable bonds is 5. The van der Waals surface area contributed by atoms with Crippen molar-refractivity contribution in [3.05, 3.63) is 81.5 Å². The number of piperazine rings is 1. The maximum absolute atomic E-state index is 15.1. The van der Waals surface area contributed by atoms with Crippen LogP contribution in [0.2, 0.25) is 5.02 Å². The van der Waals surface area contributed by atoms with Crippen molar-refractivity contribution in [3.63, 3.8) is 0 Å². The van der Waals surface area contributed by atoms with E-state index in [1.165, 1.54) is 23.0 Å². The van der Waals surface area contributed by atoms with E-state index in [-0.39, 0.29) is 39.8 Å². The minimum atomic E-state index is -0.574. The molecule has 212 valence electrons. The summed E-state index contributed by atoms with van der Waals surface area (Å²) >= 11 is 6.79. The van der Waals surface area contributed by atoms with Crippen LogP contribution in [0.3, 0.4) is 0 Å². The van der Waals surface area contributed by atoms with E-state index in [0.29, 0.717) is 47.9 Å². The van der Waals surface area contributed by atoms with Crippen LogP contribution in [-0.2, 0) is 4.79 Å². The molecule has 5 rings (SSSR count). The lowest BCUT2D eigenvalue weighted by molar-refractivity contribution is -0.126. The molecule has 11 heteroatoms. The third-order valence-electron chi connectivity index (χ3n) is 7.37. The number of benzene rings is 1. The molecule has 0 spiro atoms. The molecule has 1 aliphatic heterocycles. The number of nitrogens with zero attached hydrogens (tertiary/aromatic N) is 7. The Bertz CT molecular complexity index is 1750. The maximum atomic E-state index is 15.1. The van der Waals surface area contributed by atoms with Gasteiger partial charge in [0.15, 0.2) is 5.65 Å². The highest BCUT2D eigenvalue weighted by Gasteiger charge is 2.30. The molecule has 41 heavy (non-hydrogen) atoms. The number of pyridine rings is 1. The van der Waals surface area contributed by atoms with Gasteiger partial charge >= 0.3 is 5.69 Å². The molecular formula is C30H31ClFN7O2. The molecule has 1 saturated heterocycles. The number of hydrogen-bond acceptors (Lipinski definition) is 7. The van der Waals surface area contributed by atoms with Crippen molar-refractivity contribution in [2.24, 2.45) is 0 Å². The Hall–Kier alpha value is -4.18.